The van der Waals surface area contributed by atoms with E-state index in [0.717, 1.165) is 25.0 Å². The Morgan fingerprint density at radius 3 is 0.771 bits per heavy atom. The highest BCUT2D eigenvalue weighted by molar-refractivity contribution is 5.90. The molecule has 0 aliphatic rings. The van der Waals surface area contributed by atoms with E-state index < -0.39 is 11.9 Å². The van der Waals surface area contributed by atoms with Crippen molar-refractivity contribution in [3.8, 4) is 0 Å². The number of unbranched alkanes of at least 4 members (excludes halogenated alkanes) is 37. The molecule has 4 heteroatoms. The largest absolute Gasteiger partial charge is 0.478 e. The van der Waals surface area contributed by atoms with Gasteiger partial charge in [0, 0.05) is 12.2 Å². The number of carboxylic acids is 1. The maximum atomic E-state index is 11.3. The van der Waals surface area contributed by atoms with E-state index in [2.05, 4.69) is 6.92 Å². The number of hydrogen-bond acceptors (Lipinski definition) is 3. The molecule has 48 heavy (non-hydrogen) atoms. The average Bonchev–Trinajstić information content (AvgIpc) is 3.08. The van der Waals surface area contributed by atoms with Gasteiger partial charge in [0.2, 0.25) is 0 Å². The molecule has 0 radical (unpaired) electrons. The van der Waals surface area contributed by atoms with Crippen LogP contribution in [-0.4, -0.2) is 23.7 Å². The number of carbonyl (C=O) groups excluding carboxylic acids is 1. The van der Waals surface area contributed by atoms with Crippen LogP contribution in [0.5, 0.6) is 0 Å². The molecule has 0 spiro atoms. The lowest BCUT2D eigenvalue weighted by Gasteiger charge is -2.05. The second-order valence-corrected chi connectivity index (χ2v) is 14.9. The number of ether oxygens (including phenoxy) is 1. The smallest absolute Gasteiger partial charge is 0.331 e. The van der Waals surface area contributed by atoms with Gasteiger partial charge >= 0.3 is 11.9 Å². The van der Waals surface area contributed by atoms with Crippen molar-refractivity contribution in [2.75, 3.05) is 6.61 Å². The van der Waals surface area contributed by atoms with Crippen LogP contribution in [-0.2, 0) is 14.3 Å². The molecule has 0 atom stereocenters. The second-order valence-electron chi connectivity index (χ2n) is 14.9. The normalized spacial score (nSPS) is 11.5. The van der Waals surface area contributed by atoms with Crippen LogP contribution in [0.2, 0.25) is 0 Å². The second kappa shape index (κ2) is 41.8. The Balaban J connectivity index is 3.09. The number of hydrogen-bond donors (Lipinski definition) is 1. The van der Waals surface area contributed by atoms with Gasteiger partial charge < -0.3 is 9.84 Å². The van der Waals surface area contributed by atoms with Gasteiger partial charge in [-0.3, -0.25) is 0 Å². The average molecular weight is 677 g/mol. The molecule has 0 aromatic carbocycles. The topological polar surface area (TPSA) is 63.6 Å². The molecule has 0 fully saturated rings. The Morgan fingerprint density at radius 2 is 0.562 bits per heavy atom. The minimum Gasteiger partial charge on any atom is -0.478 e. The summed E-state index contributed by atoms with van der Waals surface area (Å²) in [6, 6.07) is 0. The van der Waals surface area contributed by atoms with Gasteiger partial charge in [0.25, 0.3) is 0 Å². The first-order valence-corrected chi connectivity index (χ1v) is 21.7. The predicted molar refractivity (Wildman–Crippen MR) is 209 cm³/mol. The standard InChI is InChI=1S/C44H84O4/c1-2-3-4-5-6-7-8-9-10-11-12-13-14-15-16-17-18-19-20-21-22-23-24-25-26-27-28-29-30-31-32-33-34-35-36-37-38-39-42-48-44(47)41-40-43(45)46/h40-41H,2-39,42H2,1H3,(H,45,46)/b41-40+. The summed E-state index contributed by atoms with van der Waals surface area (Å²) in [6.45, 7) is 2.68. The molecule has 0 saturated carbocycles. The lowest BCUT2D eigenvalue weighted by molar-refractivity contribution is -0.138. The van der Waals surface area contributed by atoms with Crippen molar-refractivity contribution in [2.24, 2.45) is 0 Å². The Labute approximate surface area is 300 Å². The van der Waals surface area contributed by atoms with E-state index in [9.17, 15) is 9.59 Å². The molecule has 0 aromatic heterocycles. The van der Waals surface area contributed by atoms with Crippen LogP contribution in [0, 0.1) is 0 Å². The van der Waals surface area contributed by atoms with E-state index in [1.165, 1.54) is 231 Å². The Bertz CT molecular complexity index is 673. The Morgan fingerprint density at radius 1 is 0.354 bits per heavy atom. The lowest BCUT2D eigenvalue weighted by Crippen LogP contribution is -2.03. The molecule has 0 unspecified atom stereocenters. The summed E-state index contributed by atoms with van der Waals surface area (Å²) in [6.07, 6.45) is 55.3. The van der Waals surface area contributed by atoms with Gasteiger partial charge in [-0.15, -0.1) is 0 Å². The number of rotatable bonds is 41. The van der Waals surface area contributed by atoms with Crippen LogP contribution in [0.1, 0.15) is 251 Å². The Hall–Kier alpha value is -1.32. The summed E-state index contributed by atoms with van der Waals surface area (Å²) in [4.78, 5) is 21.6. The van der Waals surface area contributed by atoms with Gasteiger partial charge in [-0.2, -0.15) is 0 Å². The van der Waals surface area contributed by atoms with Gasteiger partial charge in [0.15, 0.2) is 0 Å². The fraction of sp³-hybridized carbons (Fsp3) is 0.909. The lowest BCUT2D eigenvalue weighted by atomic mass is 10.0. The van der Waals surface area contributed by atoms with E-state index in [0.29, 0.717) is 6.61 Å². The molecular weight excluding hydrogens is 592 g/mol. The minimum absolute atomic E-state index is 0.377. The highest BCUT2D eigenvalue weighted by atomic mass is 16.5. The number of aliphatic carboxylic acids is 1. The molecule has 0 amide bonds. The van der Waals surface area contributed by atoms with Gasteiger partial charge in [0.05, 0.1) is 6.61 Å². The summed E-state index contributed by atoms with van der Waals surface area (Å²) >= 11 is 0. The zero-order valence-corrected chi connectivity index (χ0v) is 32.4. The molecule has 0 saturated heterocycles. The fourth-order valence-corrected chi connectivity index (χ4v) is 6.90. The third-order valence-corrected chi connectivity index (χ3v) is 10.1. The van der Waals surface area contributed by atoms with Crippen LogP contribution >= 0.6 is 0 Å². The van der Waals surface area contributed by atoms with Gasteiger partial charge in [0.1, 0.15) is 0 Å². The van der Waals surface area contributed by atoms with E-state index in [1.54, 1.807) is 0 Å². The summed E-state index contributed by atoms with van der Waals surface area (Å²) < 4.78 is 4.98. The van der Waals surface area contributed by atoms with Crippen LogP contribution in [0.3, 0.4) is 0 Å². The maximum absolute atomic E-state index is 11.3. The van der Waals surface area contributed by atoms with Crippen molar-refractivity contribution in [1.29, 1.82) is 0 Å². The molecular formula is C44H84O4. The molecule has 0 aliphatic heterocycles. The minimum atomic E-state index is -1.13. The number of carbonyl (C=O) groups is 2. The third kappa shape index (κ3) is 42.7. The molecule has 0 bridgehead atoms. The quantitative estimate of drug-likeness (QED) is 0.0398. The molecule has 284 valence electrons. The number of esters is 1. The van der Waals surface area contributed by atoms with Crippen molar-refractivity contribution in [2.45, 2.75) is 251 Å². The van der Waals surface area contributed by atoms with Crippen LogP contribution in [0.25, 0.3) is 0 Å². The predicted octanol–water partition coefficient (Wildman–Crippen LogP) is 15.0. The van der Waals surface area contributed by atoms with Crippen molar-refractivity contribution in [3.05, 3.63) is 12.2 Å². The SMILES string of the molecule is CCCCCCCCCCCCCCCCCCCCCCCCCCCCCCCCCCCCCCCCOC(=O)/C=C/C(=O)O. The molecule has 0 heterocycles. The highest BCUT2D eigenvalue weighted by Gasteiger charge is 2.00. The van der Waals surface area contributed by atoms with Gasteiger partial charge in [-0.1, -0.05) is 244 Å². The fourth-order valence-electron chi connectivity index (χ4n) is 6.90. The highest BCUT2D eigenvalue weighted by Crippen LogP contribution is 2.17. The first-order chi connectivity index (χ1) is 23.7. The first kappa shape index (κ1) is 46.7. The zero-order valence-electron chi connectivity index (χ0n) is 32.4. The molecule has 0 aliphatic carbocycles. The zero-order chi connectivity index (χ0) is 34.9. The first-order valence-electron chi connectivity index (χ1n) is 21.7. The van der Waals surface area contributed by atoms with E-state index in [-0.39, 0.29) is 0 Å². The monoisotopic (exact) mass is 677 g/mol. The molecule has 0 rings (SSSR count). The van der Waals surface area contributed by atoms with Crippen LogP contribution < -0.4 is 0 Å². The van der Waals surface area contributed by atoms with Crippen molar-refractivity contribution < 1.29 is 19.4 Å². The molecule has 4 nitrogen and oxygen atoms in total. The summed E-state index contributed by atoms with van der Waals surface area (Å²) in [7, 11) is 0. The van der Waals surface area contributed by atoms with Crippen molar-refractivity contribution in [3.63, 3.8) is 0 Å². The molecule has 1 N–H and O–H groups in total. The summed E-state index contributed by atoms with van der Waals surface area (Å²) in [5, 5.41) is 8.48. The van der Waals surface area contributed by atoms with Crippen molar-refractivity contribution in [1.82, 2.24) is 0 Å². The maximum Gasteiger partial charge on any atom is 0.331 e. The summed E-state index contributed by atoms with van der Waals surface area (Å²) in [5.41, 5.74) is 0. The van der Waals surface area contributed by atoms with Gasteiger partial charge in [-0.05, 0) is 6.42 Å². The number of carboxylic acid groups (broad SMARTS) is 1. The summed E-state index contributed by atoms with van der Waals surface area (Å²) in [5.74, 6) is -1.70. The van der Waals surface area contributed by atoms with Gasteiger partial charge in [-0.25, -0.2) is 9.59 Å². The van der Waals surface area contributed by atoms with Crippen LogP contribution in [0.15, 0.2) is 12.2 Å². The van der Waals surface area contributed by atoms with E-state index in [1.807, 2.05) is 0 Å². The van der Waals surface area contributed by atoms with E-state index in [4.69, 9.17) is 9.84 Å². The Kier molecular flexibility index (Phi) is 40.7. The van der Waals surface area contributed by atoms with E-state index >= 15 is 0 Å². The molecule has 0 aromatic rings. The third-order valence-electron chi connectivity index (χ3n) is 10.1. The van der Waals surface area contributed by atoms with Crippen molar-refractivity contribution >= 4 is 11.9 Å². The van der Waals surface area contributed by atoms with Crippen LogP contribution in [0.4, 0.5) is 0 Å².